The largest absolute Gasteiger partial charge is 0.432 e. The van der Waals surface area contributed by atoms with Crippen LogP contribution < -0.4 is 5.19 Å². The second-order valence-electron chi connectivity index (χ2n) is 6.34. The van der Waals surface area contributed by atoms with E-state index in [1.807, 2.05) is 0 Å². The molecule has 0 aliphatic carbocycles. The standard InChI is InChI=1S/C18H35O2Si3/c1-7-22(8-2,9-3)19-21(18-16-14-13-15-17-18)20-23(10-4,11-5)12-6/h13-17H,7-12H2,1-6H3. The SMILES string of the molecule is CC[Si](CC)(CC)O[Si](O[Si](CC)(CC)CC)c1ccccc1. The van der Waals surface area contributed by atoms with Gasteiger partial charge < -0.3 is 8.23 Å². The Morgan fingerprint density at radius 3 is 1.30 bits per heavy atom. The lowest BCUT2D eigenvalue weighted by Gasteiger charge is -2.37. The monoisotopic (exact) mass is 367 g/mol. The van der Waals surface area contributed by atoms with Gasteiger partial charge in [0.1, 0.15) is 0 Å². The van der Waals surface area contributed by atoms with Gasteiger partial charge in [-0.1, -0.05) is 71.9 Å². The molecule has 0 bridgehead atoms. The molecule has 23 heavy (non-hydrogen) atoms. The van der Waals surface area contributed by atoms with Gasteiger partial charge in [0.15, 0.2) is 16.6 Å². The summed E-state index contributed by atoms with van der Waals surface area (Å²) in [5.74, 6) is 0. The first-order valence-corrected chi connectivity index (χ1v) is 15.7. The van der Waals surface area contributed by atoms with Crippen molar-refractivity contribution in [2.45, 2.75) is 77.8 Å². The molecule has 0 heterocycles. The number of hydrogen-bond donors (Lipinski definition) is 0. The van der Waals surface area contributed by atoms with Crippen molar-refractivity contribution in [1.82, 2.24) is 0 Å². The van der Waals surface area contributed by atoms with Crippen LogP contribution in [0, 0.1) is 0 Å². The zero-order valence-corrected chi connectivity index (χ0v) is 18.9. The molecule has 0 aromatic heterocycles. The van der Waals surface area contributed by atoms with Crippen molar-refractivity contribution >= 4 is 31.1 Å². The fourth-order valence-corrected chi connectivity index (χ4v) is 14.6. The lowest BCUT2D eigenvalue weighted by atomic mass is 10.4. The van der Waals surface area contributed by atoms with Gasteiger partial charge >= 0.3 is 9.28 Å². The highest BCUT2D eigenvalue weighted by Gasteiger charge is 2.40. The van der Waals surface area contributed by atoms with Crippen molar-refractivity contribution in [2.24, 2.45) is 0 Å². The summed E-state index contributed by atoms with van der Waals surface area (Å²) >= 11 is 0. The van der Waals surface area contributed by atoms with Gasteiger partial charge in [-0.25, -0.2) is 0 Å². The molecule has 5 heteroatoms. The van der Waals surface area contributed by atoms with Crippen LogP contribution in [-0.4, -0.2) is 25.9 Å². The normalized spacial score (nSPS) is 12.8. The molecular formula is C18H35O2Si3. The Morgan fingerprint density at radius 2 is 1.00 bits per heavy atom. The third-order valence-corrected chi connectivity index (χ3v) is 19.0. The van der Waals surface area contributed by atoms with Crippen LogP contribution in [0.5, 0.6) is 0 Å². The van der Waals surface area contributed by atoms with Crippen LogP contribution in [0.25, 0.3) is 0 Å². The lowest BCUT2D eigenvalue weighted by Crippen LogP contribution is -2.54. The topological polar surface area (TPSA) is 18.5 Å². The number of rotatable bonds is 11. The highest BCUT2D eigenvalue weighted by Crippen LogP contribution is 2.27. The van der Waals surface area contributed by atoms with Crippen LogP contribution in [-0.2, 0) is 8.23 Å². The molecule has 0 spiro atoms. The van der Waals surface area contributed by atoms with Crippen molar-refractivity contribution in [3.8, 4) is 0 Å². The molecular weight excluding hydrogens is 332 g/mol. The van der Waals surface area contributed by atoms with Crippen LogP contribution >= 0.6 is 0 Å². The van der Waals surface area contributed by atoms with Gasteiger partial charge in [0.05, 0.1) is 0 Å². The maximum atomic E-state index is 6.89. The minimum Gasteiger partial charge on any atom is -0.432 e. The molecule has 1 radical (unpaired) electrons. The Hall–Kier alpha value is -0.209. The average Bonchev–Trinajstić information content (AvgIpc) is 2.64. The summed E-state index contributed by atoms with van der Waals surface area (Å²) in [6.45, 7) is 13.8. The summed E-state index contributed by atoms with van der Waals surface area (Å²) in [7, 11) is -4.70. The van der Waals surface area contributed by atoms with E-state index in [-0.39, 0.29) is 0 Å². The molecule has 0 atom stereocenters. The summed E-state index contributed by atoms with van der Waals surface area (Å²) in [5, 5.41) is 1.29. The third-order valence-electron chi connectivity index (χ3n) is 5.49. The van der Waals surface area contributed by atoms with Gasteiger partial charge in [0, 0.05) is 0 Å². The zero-order valence-electron chi connectivity index (χ0n) is 15.9. The molecule has 1 aromatic carbocycles. The Kier molecular flexibility index (Phi) is 9.00. The molecule has 1 rings (SSSR count). The Morgan fingerprint density at radius 1 is 0.652 bits per heavy atom. The predicted molar refractivity (Wildman–Crippen MR) is 108 cm³/mol. The van der Waals surface area contributed by atoms with Crippen molar-refractivity contribution in [3.63, 3.8) is 0 Å². The summed E-state index contributed by atoms with van der Waals surface area (Å²) in [5.41, 5.74) is 0. The van der Waals surface area contributed by atoms with E-state index in [1.54, 1.807) is 0 Å². The first-order chi connectivity index (χ1) is 11.0. The second kappa shape index (κ2) is 9.94. The van der Waals surface area contributed by atoms with E-state index in [2.05, 4.69) is 71.9 Å². The van der Waals surface area contributed by atoms with Gasteiger partial charge in [-0.15, -0.1) is 0 Å². The molecule has 0 saturated carbocycles. The fourth-order valence-electron chi connectivity index (χ4n) is 3.04. The second-order valence-corrected chi connectivity index (χ2v) is 18.1. The molecule has 2 nitrogen and oxygen atoms in total. The molecule has 0 aliphatic heterocycles. The van der Waals surface area contributed by atoms with E-state index in [4.69, 9.17) is 8.23 Å². The van der Waals surface area contributed by atoms with Crippen molar-refractivity contribution in [2.75, 3.05) is 0 Å². The Bertz CT molecular complexity index is 393. The fraction of sp³-hybridized carbons (Fsp3) is 0.667. The lowest BCUT2D eigenvalue weighted by molar-refractivity contribution is 0.416. The predicted octanol–water partition coefficient (Wildman–Crippen LogP) is 5.43. The molecule has 0 fully saturated rings. The van der Waals surface area contributed by atoms with Crippen LogP contribution in [0.3, 0.4) is 0 Å². The maximum Gasteiger partial charge on any atom is 0.401 e. The van der Waals surface area contributed by atoms with Crippen molar-refractivity contribution in [1.29, 1.82) is 0 Å². The molecule has 0 N–H and O–H groups in total. The first-order valence-electron chi connectivity index (χ1n) is 9.34. The quantitative estimate of drug-likeness (QED) is 0.486. The molecule has 0 aliphatic rings. The van der Waals surface area contributed by atoms with E-state index >= 15 is 0 Å². The molecule has 131 valence electrons. The Balaban J connectivity index is 3.13. The van der Waals surface area contributed by atoms with Crippen molar-refractivity contribution in [3.05, 3.63) is 30.3 Å². The van der Waals surface area contributed by atoms with E-state index in [1.165, 1.54) is 41.5 Å². The van der Waals surface area contributed by atoms with E-state index in [9.17, 15) is 0 Å². The van der Waals surface area contributed by atoms with E-state index in [0.29, 0.717) is 0 Å². The number of hydrogen-bond acceptors (Lipinski definition) is 2. The van der Waals surface area contributed by atoms with Crippen LogP contribution in [0.2, 0.25) is 36.3 Å². The van der Waals surface area contributed by atoms with E-state index in [0.717, 1.165) is 0 Å². The van der Waals surface area contributed by atoms with E-state index < -0.39 is 25.9 Å². The highest BCUT2D eigenvalue weighted by atomic mass is 28.4. The summed E-state index contributed by atoms with van der Waals surface area (Å²) in [6.07, 6.45) is 0. The smallest absolute Gasteiger partial charge is 0.401 e. The van der Waals surface area contributed by atoms with Crippen LogP contribution in [0.4, 0.5) is 0 Å². The molecule has 1 aromatic rings. The zero-order chi connectivity index (χ0) is 17.3. The first kappa shape index (κ1) is 20.8. The molecule has 0 amide bonds. The van der Waals surface area contributed by atoms with Gasteiger partial charge in [-0.05, 0) is 41.5 Å². The van der Waals surface area contributed by atoms with Gasteiger partial charge in [-0.2, -0.15) is 0 Å². The summed E-state index contributed by atoms with van der Waals surface area (Å²) in [6, 6.07) is 17.8. The molecule has 0 unspecified atom stereocenters. The summed E-state index contributed by atoms with van der Waals surface area (Å²) in [4.78, 5) is 0. The average molecular weight is 368 g/mol. The van der Waals surface area contributed by atoms with Gasteiger partial charge in [0.2, 0.25) is 0 Å². The number of benzene rings is 1. The van der Waals surface area contributed by atoms with Crippen LogP contribution in [0.1, 0.15) is 41.5 Å². The highest BCUT2D eigenvalue weighted by molar-refractivity contribution is 6.87. The van der Waals surface area contributed by atoms with Crippen LogP contribution in [0.15, 0.2) is 30.3 Å². The third kappa shape index (κ3) is 5.39. The maximum absolute atomic E-state index is 6.89. The van der Waals surface area contributed by atoms with Gasteiger partial charge in [0.25, 0.3) is 0 Å². The Labute approximate surface area is 147 Å². The minimum atomic E-state index is -1.66. The van der Waals surface area contributed by atoms with Gasteiger partial charge in [-0.3, -0.25) is 0 Å². The summed E-state index contributed by atoms with van der Waals surface area (Å²) < 4.78 is 13.8. The minimum absolute atomic E-state index is 1.18. The molecule has 0 saturated heterocycles. The van der Waals surface area contributed by atoms with Crippen molar-refractivity contribution < 1.29 is 8.23 Å².